The summed E-state index contributed by atoms with van der Waals surface area (Å²) in [4.78, 5) is 0. The predicted molar refractivity (Wildman–Crippen MR) is 57.3 cm³/mol. The van der Waals surface area contributed by atoms with Crippen LogP contribution in [0.1, 0.15) is 32.6 Å². The molecule has 0 radical (unpaired) electrons. The molecule has 1 aliphatic rings. The Kier molecular flexibility index (Phi) is 5.45. The number of hydrogen-bond donors (Lipinski definition) is 2. The van der Waals surface area contributed by atoms with Crippen molar-refractivity contribution in [3.05, 3.63) is 0 Å². The maximum absolute atomic E-state index is 9.21. The highest BCUT2D eigenvalue weighted by Crippen LogP contribution is 2.23. The van der Waals surface area contributed by atoms with Crippen LogP contribution in [0.25, 0.3) is 0 Å². The Morgan fingerprint density at radius 1 is 1.43 bits per heavy atom. The summed E-state index contributed by atoms with van der Waals surface area (Å²) in [6.45, 7) is 3.26. The molecule has 2 N–H and O–H groups in total. The zero-order chi connectivity index (χ0) is 10.4. The van der Waals surface area contributed by atoms with Gasteiger partial charge in [-0.25, -0.2) is 0 Å². The van der Waals surface area contributed by atoms with Crippen molar-refractivity contribution in [2.75, 3.05) is 20.3 Å². The van der Waals surface area contributed by atoms with Crippen molar-refractivity contribution < 1.29 is 9.84 Å². The van der Waals surface area contributed by atoms with Crippen LogP contribution in [0.15, 0.2) is 0 Å². The Balaban J connectivity index is 2.26. The summed E-state index contributed by atoms with van der Waals surface area (Å²) >= 11 is 0. The molecule has 3 nitrogen and oxygen atoms in total. The van der Waals surface area contributed by atoms with E-state index in [0.717, 1.165) is 13.0 Å². The molecule has 3 unspecified atom stereocenters. The van der Waals surface area contributed by atoms with E-state index in [1.807, 2.05) is 0 Å². The van der Waals surface area contributed by atoms with E-state index in [2.05, 4.69) is 12.2 Å². The van der Waals surface area contributed by atoms with Crippen LogP contribution in [-0.4, -0.2) is 37.5 Å². The Morgan fingerprint density at radius 2 is 2.14 bits per heavy atom. The predicted octanol–water partition coefficient (Wildman–Crippen LogP) is 1.16. The number of aliphatic hydroxyl groups excluding tert-OH is 1. The highest BCUT2D eigenvalue weighted by Gasteiger charge is 2.23. The SMILES string of the molecule is COC(C)CNC1CCCCC1CO. The van der Waals surface area contributed by atoms with E-state index in [1.165, 1.54) is 19.3 Å². The van der Waals surface area contributed by atoms with Crippen LogP contribution in [0.4, 0.5) is 0 Å². The Labute approximate surface area is 86.8 Å². The molecule has 14 heavy (non-hydrogen) atoms. The maximum Gasteiger partial charge on any atom is 0.0667 e. The van der Waals surface area contributed by atoms with Gasteiger partial charge in [0.25, 0.3) is 0 Å². The molecule has 0 aromatic heterocycles. The van der Waals surface area contributed by atoms with Gasteiger partial charge >= 0.3 is 0 Å². The van der Waals surface area contributed by atoms with Crippen molar-refractivity contribution in [2.24, 2.45) is 5.92 Å². The minimum absolute atomic E-state index is 0.260. The molecule has 0 spiro atoms. The molecule has 0 aromatic carbocycles. The molecule has 3 atom stereocenters. The van der Waals surface area contributed by atoms with E-state index in [4.69, 9.17) is 4.74 Å². The number of methoxy groups -OCH3 is 1. The van der Waals surface area contributed by atoms with Gasteiger partial charge in [-0.15, -0.1) is 0 Å². The third kappa shape index (κ3) is 3.56. The number of hydrogen-bond acceptors (Lipinski definition) is 3. The van der Waals surface area contributed by atoms with Crippen LogP contribution in [0, 0.1) is 5.92 Å². The Bertz CT molecular complexity index is 152. The third-order valence-electron chi connectivity index (χ3n) is 3.21. The summed E-state index contributed by atoms with van der Waals surface area (Å²) in [6, 6.07) is 0.492. The van der Waals surface area contributed by atoms with E-state index in [0.29, 0.717) is 18.6 Å². The zero-order valence-corrected chi connectivity index (χ0v) is 9.33. The summed E-state index contributed by atoms with van der Waals surface area (Å²) in [5.41, 5.74) is 0. The smallest absolute Gasteiger partial charge is 0.0667 e. The molecule has 0 heterocycles. The normalized spacial score (nSPS) is 30.2. The van der Waals surface area contributed by atoms with Crippen LogP contribution in [0.3, 0.4) is 0 Å². The van der Waals surface area contributed by atoms with Crippen LogP contribution < -0.4 is 5.32 Å². The van der Waals surface area contributed by atoms with Gasteiger partial charge in [-0.1, -0.05) is 12.8 Å². The summed E-state index contributed by atoms with van der Waals surface area (Å²) in [5, 5.41) is 12.7. The van der Waals surface area contributed by atoms with Gasteiger partial charge in [-0.3, -0.25) is 0 Å². The summed E-state index contributed by atoms with van der Waals surface area (Å²) < 4.78 is 5.19. The maximum atomic E-state index is 9.21. The van der Waals surface area contributed by atoms with Crippen molar-refractivity contribution in [2.45, 2.75) is 44.8 Å². The fourth-order valence-corrected chi connectivity index (χ4v) is 2.10. The van der Waals surface area contributed by atoms with Crippen LogP contribution >= 0.6 is 0 Å². The molecule has 1 fully saturated rings. The number of ether oxygens (including phenoxy) is 1. The fourth-order valence-electron chi connectivity index (χ4n) is 2.10. The van der Waals surface area contributed by atoms with Gasteiger partial charge in [-0.05, 0) is 25.7 Å². The van der Waals surface area contributed by atoms with Crippen molar-refractivity contribution in [3.8, 4) is 0 Å². The summed E-state index contributed by atoms with van der Waals surface area (Å²) in [7, 11) is 1.73. The molecule has 0 bridgehead atoms. The van der Waals surface area contributed by atoms with Gasteiger partial charge in [0.2, 0.25) is 0 Å². The van der Waals surface area contributed by atoms with Gasteiger partial charge in [-0.2, -0.15) is 0 Å². The number of nitrogens with one attached hydrogen (secondary N) is 1. The van der Waals surface area contributed by atoms with Crippen LogP contribution in [-0.2, 0) is 4.74 Å². The molecule has 0 aromatic rings. The van der Waals surface area contributed by atoms with Crippen molar-refractivity contribution in [3.63, 3.8) is 0 Å². The monoisotopic (exact) mass is 201 g/mol. The Hall–Kier alpha value is -0.120. The third-order valence-corrected chi connectivity index (χ3v) is 3.21. The molecule has 0 amide bonds. The average Bonchev–Trinajstić information content (AvgIpc) is 2.26. The van der Waals surface area contributed by atoms with Crippen LogP contribution in [0.5, 0.6) is 0 Å². The minimum atomic E-state index is 0.260. The van der Waals surface area contributed by atoms with E-state index in [1.54, 1.807) is 7.11 Å². The molecule has 84 valence electrons. The first-order valence-electron chi connectivity index (χ1n) is 5.65. The van der Waals surface area contributed by atoms with E-state index in [9.17, 15) is 5.11 Å². The lowest BCUT2D eigenvalue weighted by Crippen LogP contribution is -2.43. The molecular weight excluding hydrogens is 178 g/mol. The minimum Gasteiger partial charge on any atom is -0.396 e. The average molecular weight is 201 g/mol. The first-order chi connectivity index (χ1) is 6.77. The van der Waals surface area contributed by atoms with Crippen molar-refractivity contribution in [1.82, 2.24) is 5.32 Å². The van der Waals surface area contributed by atoms with Gasteiger partial charge in [0, 0.05) is 26.3 Å². The van der Waals surface area contributed by atoms with Crippen LogP contribution in [0.2, 0.25) is 0 Å². The zero-order valence-electron chi connectivity index (χ0n) is 9.33. The number of aliphatic hydroxyl groups is 1. The number of rotatable bonds is 5. The summed E-state index contributed by atoms with van der Waals surface area (Å²) in [5.74, 6) is 0.452. The second-order valence-corrected chi connectivity index (χ2v) is 4.29. The van der Waals surface area contributed by atoms with Gasteiger partial charge in [0.1, 0.15) is 0 Å². The molecule has 0 saturated heterocycles. The molecule has 0 aliphatic heterocycles. The Morgan fingerprint density at radius 3 is 2.79 bits per heavy atom. The first kappa shape index (κ1) is 12.0. The lowest BCUT2D eigenvalue weighted by atomic mass is 9.85. The standard InChI is InChI=1S/C11H23NO2/c1-9(14-2)7-12-11-6-4-3-5-10(11)8-13/h9-13H,3-8H2,1-2H3. The lowest BCUT2D eigenvalue weighted by molar-refractivity contribution is 0.0987. The van der Waals surface area contributed by atoms with Crippen molar-refractivity contribution in [1.29, 1.82) is 0 Å². The molecular formula is C11H23NO2. The second-order valence-electron chi connectivity index (χ2n) is 4.29. The van der Waals surface area contributed by atoms with Gasteiger partial charge in [0.05, 0.1) is 6.10 Å². The fraction of sp³-hybridized carbons (Fsp3) is 1.00. The summed E-state index contributed by atoms with van der Waals surface area (Å²) in [6.07, 6.45) is 5.17. The molecule has 1 aliphatic carbocycles. The molecule has 1 rings (SSSR count). The van der Waals surface area contributed by atoms with E-state index < -0.39 is 0 Å². The molecule has 3 heteroatoms. The lowest BCUT2D eigenvalue weighted by Gasteiger charge is -2.31. The first-order valence-corrected chi connectivity index (χ1v) is 5.65. The molecule has 1 saturated carbocycles. The van der Waals surface area contributed by atoms with E-state index >= 15 is 0 Å². The van der Waals surface area contributed by atoms with Gasteiger partial charge < -0.3 is 15.2 Å². The van der Waals surface area contributed by atoms with Crippen molar-refractivity contribution >= 4 is 0 Å². The highest BCUT2D eigenvalue weighted by molar-refractivity contribution is 4.80. The van der Waals surface area contributed by atoms with E-state index in [-0.39, 0.29) is 6.10 Å². The quantitative estimate of drug-likeness (QED) is 0.701. The largest absolute Gasteiger partial charge is 0.396 e. The topological polar surface area (TPSA) is 41.5 Å². The second kappa shape index (κ2) is 6.38. The van der Waals surface area contributed by atoms with Gasteiger partial charge in [0.15, 0.2) is 0 Å². The highest BCUT2D eigenvalue weighted by atomic mass is 16.5.